The largest absolute Gasteiger partial charge is 0.462 e. The van der Waals surface area contributed by atoms with E-state index in [0.29, 0.717) is 17.3 Å². The SMILES string of the molecule is CCCCCCCCCCC(=O)O[C@H]1CC[C@@]2(C)C(=CC[C@@H]3[C@H]4CC[C@@H]([C@H](C)CCCC(C)C)[C@]4(C)CC[C@H]32)C1. The predicted octanol–water partition coefficient (Wildman–Crippen LogP) is 11.5. The summed E-state index contributed by atoms with van der Waals surface area (Å²) in [6.07, 6.45) is 28.1. The number of fused-ring (bicyclic) bond motifs is 5. The van der Waals surface area contributed by atoms with Crippen molar-refractivity contribution >= 4 is 5.97 Å². The van der Waals surface area contributed by atoms with Crippen molar-refractivity contribution in [2.24, 2.45) is 46.3 Å². The van der Waals surface area contributed by atoms with Crippen molar-refractivity contribution in [3.63, 3.8) is 0 Å². The average Bonchev–Trinajstić information content (AvgIpc) is 3.27. The minimum absolute atomic E-state index is 0.0572. The molecule has 2 nitrogen and oxygen atoms in total. The van der Waals surface area contributed by atoms with Gasteiger partial charge in [-0.1, -0.05) is 117 Å². The molecule has 3 saturated carbocycles. The predicted molar refractivity (Wildman–Crippen MR) is 170 cm³/mol. The quantitative estimate of drug-likeness (QED) is 0.114. The van der Waals surface area contributed by atoms with E-state index >= 15 is 0 Å². The number of unbranched alkanes of at least 4 members (excludes halogenated alkanes) is 7. The number of allylic oxidation sites excluding steroid dienone is 1. The van der Waals surface area contributed by atoms with Gasteiger partial charge in [-0.15, -0.1) is 0 Å². The average molecular weight is 555 g/mol. The highest BCUT2D eigenvalue weighted by Crippen LogP contribution is 2.67. The molecule has 4 rings (SSSR count). The van der Waals surface area contributed by atoms with Gasteiger partial charge in [-0.05, 0) is 97.7 Å². The number of esters is 1. The van der Waals surface area contributed by atoms with Gasteiger partial charge in [0.1, 0.15) is 6.10 Å². The zero-order valence-corrected chi connectivity index (χ0v) is 27.6. The molecule has 0 aromatic carbocycles. The Hall–Kier alpha value is -0.790. The first-order valence-electron chi connectivity index (χ1n) is 18.1. The Bertz CT molecular complexity index is 827. The van der Waals surface area contributed by atoms with Crippen molar-refractivity contribution in [3.05, 3.63) is 11.6 Å². The smallest absolute Gasteiger partial charge is 0.306 e. The minimum atomic E-state index is 0.0572. The molecule has 0 aromatic rings. The van der Waals surface area contributed by atoms with Gasteiger partial charge in [0.25, 0.3) is 0 Å². The van der Waals surface area contributed by atoms with Gasteiger partial charge in [0.2, 0.25) is 0 Å². The lowest BCUT2D eigenvalue weighted by molar-refractivity contribution is -0.151. The molecule has 230 valence electrons. The Morgan fingerprint density at radius 1 is 0.875 bits per heavy atom. The summed E-state index contributed by atoms with van der Waals surface area (Å²) >= 11 is 0. The van der Waals surface area contributed by atoms with Gasteiger partial charge >= 0.3 is 5.97 Å². The molecule has 8 atom stereocenters. The first-order valence-corrected chi connectivity index (χ1v) is 18.1. The second-order valence-corrected chi connectivity index (χ2v) is 15.9. The van der Waals surface area contributed by atoms with Crippen LogP contribution in [0.25, 0.3) is 0 Å². The second kappa shape index (κ2) is 14.6. The Morgan fingerprint density at radius 3 is 2.33 bits per heavy atom. The lowest BCUT2D eigenvalue weighted by Crippen LogP contribution is -2.51. The van der Waals surface area contributed by atoms with E-state index < -0.39 is 0 Å². The maximum Gasteiger partial charge on any atom is 0.306 e. The Balaban J connectivity index is 1.26. The number of hydrogen-bond donors (Lipinski definition) is 0. The van der Waals surface area contributed by atoms with E-state index in [4.69, 9.17) is 4.74 Å². The lowest BCUT2D eigenvalue weighted by atomic mass is 9.47. The van der Waals surface area contributed by atoms with Gasteiger partial charge in [-0.3, -0.25) is 4.79 Å². The van der Waals surface area contributed by atoms with Crippen LogP contribution in [0, 0.1) is 46.3 Å². The summed E-state index contributed by atoms with van der Waals surface area (Å²) in [6, 6.07) is 0. The van der Waals surface area contributed by atoms with Crippen molar-refractivity contribution in [3.8, 4) is 0 Å². The van der Waals surface area contributed by atoms with Crippen molar-refractivity contribution in [2.75, 3.05) is 0 Å². The third-order valence-electron chi connectivity index (χ3n) is 12.8. The van der Waals surface area contributed by atoms with Crippen LogP contribution in [-0.4, -0.2) is 12.1 Å². The Labute approximate surface area is 249 Å². The van der Waals surface area contributed by atoms with Crippen LogP contribution in [0.1, 0.15) is 170 Å². The molecule has 0 spiro atoms. The summed E-state index contributed by atoms with van der Waals surface area (Å²) in [5, 5.41) is 0. The van der Waals surface area contributed by atoms with Gasteiger partial charge < -0.3 is 4.74 Å². The summed E-state index contributed by atoms with van der Waals surface area (Å²) in [6.45, 7) is 14.9. The molecule has 0 bridgehead atoms. The molecule has 4 aliphatic rings. The first kappa shape index (κ1) is 32.1. The van der Waals surface area contributed by atoms with Crippen LogP contribution in [0.3, 0.4) is 0 Å². The Morgan fingerprint density at radius 2 is 1.60 bits per heavy atom. The summed E-state index contributed by atoms with van der Waals surface area (Å²) in [4.78, 5) is 12.7. The van der Waals surface area contributed by atoms with Crippen LogP contribution in [0.4, 0.5) is 0 Å². The zero-order chi connectivity index (χ0) is 28.8. The molecule has 0 N–H and O–H groups in total. The molecule has 4 aliphatic carbocycles. The van der Waals surface area contributed by atoms with Crippen LogP contribution in [-0.2, 0) is 9.53 Å². The van der Waals surface area contributed by atoms with Crippen LogP contribution < -0.4 is 0 Å². The molecule has 0 aliphatic heterocycles. The number of ether oxygens (including phenoxy) is 1. The Kier molecular flexibility index (Phi) is 11.7. The molecule has 0 radical (unpaired) electrons. The van der Waals surface area contributed by atoms with E-state index in [0.717, 1.165) is 54.8 Å². The molecule has 0 unspecified atom stereocenters. The van der Waals surface area contributed by atoms with Crippen molar-refractivity contribution in [1.29, 1.82) is 0 Å². The van der Waals surface area contributed by atoms with Gasteiger partial charge in [0.05, 0.1) is 0 Å². The van der Waals surface area contributed by atoms with Crippen molar-refractivity contribution in [2.45, 2.75) is 176 Å². The summed E-state index contributed by atoms with van der Waals surface area (Å²) in [5.74, 6) is 5.34. The fourth-order valence-electron chi connectivity index (χ4n) is 10.4. The molecule has 0 heterocycles. The van der Waals surface area contributed by atoms with Gasteiger partial charge in [-0.25, -0.2) is 0 Å². The van der Waals surface area contributed by atoms with Crippen molar-refractivity contribution in [1.82, 2.24) is 0 Å². The standard InChI is InChI=1S/C38H66O2/c1-7-8-9-10-11-12-13-14-18-36(39)40-31-23-25-37(5)30(27-31)19-20-32-34-22-21-33(29(4)17-15-16-28(2)3)38(34,6)26-24-35(32)37/h19,28-29,31-35H,7-18,20-27H2,1-6H3/t29-,31+,32-,33+,34-,35-,37+,38+/m1/s1. The van der Waals surface area contributed by atoms with Crippen LogP contribution in [0.5, 0.6) is 0 Å². The first-order chi connectivity index (χ1) is 19.2. The van der Waals surface area contributed by atoms with Gasteiger partial charge in [0.15, 0.2) is 0 Å². The topological polar surface area (TPSA) is 26.3 Å². The molecule has 40 heavy (non-hydrogen) atoms. The molecule has 0 saturated heterocycles. The maximum atomic E-state index is 12.7. The second-order valence-electron chi connectivity index (χ2n) is 15.9. The molecular formula is C38H66O2. The number of hydrogen-bond acceptors (Lipinski definition) is 2. The fourth-order valence-corrected chi connectivity index (χ4v) is 10.4. The minimum Gasteiger partial charge on any atom is -0.462 e. The summed E-state index contributed by atoms with van der Waals surface area (Å²) in [5.41, 5.74) is 2.54. The molecular weight excluding hydrogens is 488 g/mol. The molecule has 2 heteroatoms. The van der Waals surface area contributed by atoms with Gasteiger partial charge in [-0.2, -0.15) is 0 Å². The highest BCUT2D eigenvalue weighted by Gasteiger charge is 2.59. The number of rotatable bonds is 15. The van der Waals surface area contributed by atoms with E-state index in [2.05, 4.69) is 47.6 Å². The maximum absolute atomic E-state index is 12.7. The lowest BCUT2D eigenvalue weighted by Gasteiger charge is -2.58. The normalized spacial score (nSPS) is 36.0. The van der Waals surface area contributed by atoms with E-state index in [-0.39, 0.29) is 12.1 Å². The van der Waals surface area contributed by atoms with E-state index in [1.165, 1.54) is 103 Å². The highest BCUT2D eigenvalue weighted by atomic mass is 16.5. The third kappa shape index (κ3) is 7.40. The molecule has 0 aromatic heterocycles. The highest BCUT2D eigenvalue weighted by molar-refractivity contribution is 5.69. The van der Waals surface area contributed by atoms with Crippen molar-refractivity contribution < 1.29 is 9.53 Å². The number of carbonyl (C=O) groups excluding carboxylic acids is 1. The molecule has 3 fully saturated rings. The monoisotopic (exact) mass is 555 g/mol. The van der Waals surface area contributed by atoms with E-state index in [9.17, 15) is 4.79 Å². The van der Waals surface area contributed by atoms with E-state index in [1.54, 1.807) is 5.57 Å². The summed E-state index contributed by atoms with van der Waals surface area (Å²) < 4.78 is 6.07. The zero-order valence-electron chi connectivity index (χ0n) is 27.6. The molecule has 0 amide bonds. The van der Waals surface area contributed by atoms with Gasteiger partial charge in [0, 0.05) is 12.8 Å². The number of carbonyl (C=O) groups is 1. The van der Waals surface area contributed by atoms with Crippen LogP contribution >= 0.6 is 0 Å². The third-order valence-corrected chi connectivity index (χ3v) is 12.8. The van der Waals surface area contributed by atoms with Crippen LogP contribution in [0.2, 0.25) is 0 Å². The van der Waals surface area contributed by atoms with Crippen LogP contribution in [0.15, 0.2) is 11.6 Å². The summed E-state index contributed by atoms with van der Waals surface area (Å²) in [7, 11) is 0. The van der Waals surface area contributed by atoms with E-state index in [1.807, 2.05) is 0 Å². The fraction of sp³-hybridized carbons (Fsp3) is 0.921.